The van der Waals surface area contributed by atoms with Gasteiger partial charge in [-0.25, -0.2) is 0 Å². The fourth-order valence-electron chi connectivity index (χ4n) is 2.80. The predicted molar refractivity (Wildman–Crippen MR) is 76.9 cm³/mol. The van der Waals surface area contributed by atoms with Gasteiger partial charge in [-0.15, -0.1) is 0 Å². The second-order valence-electron chi connectivity index (χ2n) is 5.36. The summed E-state index contributed by atoms with van der Waals surface area (Å²) in [5, 5.41) is 13.7. The Labute approximate surface area is 110 Å². The minimum absolute atomic E-state index is 0.192. The van der Waals surface area contributed by atoms with E-state index in [0.717, 1.165) is 32.1 Å². The van der Waals surface area contributed by atoms with Gasteiger partial charge in [0.15, 0.2) is 0 Å². The highest BCUT2D eigenvalue weighted by Gasteiger charge is 2.21. The van der Waals surface area contributed by atoms with Gasteiger partial charge in [-0.2, -0.15) is 0 Å². The number of rotatable bonds is 4. The molecule has 0 radical (unpaired) electrons. The molecule has 0 aromatic heterocycles. The van der Waals surface area contributed by atoms with Gasteiger partial charge in [0.05, 0.1) is 12.1 Å². The molecule has 0 bridgehead atoms. The van der Waals surface area contributed by atoms with Crippen LogP contribution in [0, 0.1) is 0 Å². The third-order valence-electron chi connectivity index (χ3n) is 3.86. The summed E-state index contributed by atoms with van der Waals surface area (Å²) in [7, 11) is 0. The third kappa shape index (κ3) is 3.49. The molecule has 0 amide bonds. The van der Waals surface area contributed by atoms with Gasteiger partial charge in [0, 0.05) is 5.69 Å². The van der Waals surface area contributed by atoms with Gasteiger partial charge in [0.25, 0.3) is 0 Å². The second-order valence-corrected chi connectivity index (χ2v) is 5.36. The summed E-state index contributed by atoms with van der Waals surface area (Å²) in [5.41, 5.74) is 2.58. The number of hydrogen-bond acceptors (Lipinski definition) is 2. The van der Waals surface area contributed by atoms with Crippen molar-refractivity contribution in [2.75, 3.05) is 5.32 Å². The first kappa shape index (κ1) is 13.4. The molecule has 2 atom stereocenters. The van der Waals surface area contributed by atoms with E-state index in [1.165, 1.54) is 24.1 Å². The van der Waals surface area contributed by atoms with E-state index in [-0.39, 0.29) is 12.1 Å². The molecule has 1 aliphatic rings. The monoisotopic (exact) mass is 247 g/mol. The molecule has 0 aliphatic heterocycles. The molecule has 0 saturated heterocycles. The minimum Gasteiger partial charge on any atom is -0.391 e. The Morgan fingerprint density at radius 3 is 2.78 bits per heavy atom. The molecule has 2 unspecified atom stereocenters. The molecule has 0 spiro atoms. The summed E-state index contributed by atoms with van der Waals surface area (Å²) in [4.78, 5) is 0. The van der Waals surface area contributed by atoms with Crippen molar-refractivity contribution in [2.45, 2.75) is 64.0 Å². The second kappa shape index (κ2) is 6.79. The van der Waals surface area contributed by atoms with Crippen molar-refractivity contribution in [3.63, 3.8) is 0 Å². The van der Waals surface area contributed by atoms with Gasteiger partial charge in [-0.05, 0) is 30.9 Å². The quantitative estimate of drug-likeness (QED) is 0.794. The fourth-order valence-corrected chi connectivity index (χ4v) is 2.80. The zero-order valence-corrected chi connectivity index (χ0v) is 11.4. The normalized spacial score (nSPS) is 24.6. The average Bonchev–Trinajstić information content (AvgIpc) is 2.58. The first-order chi connectivity index (χ1) is 8.81. The van der Waals surface area contributed by atoms with Crippen LogP contribution in [0.25, 0.3) is 0 Å². The maximum atomic E-state index is 10.2. The fraction of sp³-hybridized carbons (Fsp3) is 0.625. The number of nitrogens with one attached hydrogen (secondary N) is 1. The van der Waals surface area contributed by atoms with Crippen molar-refractivity contribution in [3.05, 3.63) is 29.8 Å². The van der Waals surface area contributed by atoms with Crippen molar-refractivity contribution in [1.29, 1.82) is 0 Å². The Kier molecular flexibility index (Phi) is 5.06. The van der Waals surface area contributed by atoms with Gasteiger partial charge in [-0.1, -0.05) is 50.8 Å². The lowest BCUT2D eigenvalue weighted by Gasteiger charge is -2.24. The average molecular weight is 247 g/mol. The summed E-state index contributed by atoms with van der Waals surface area (Å²) < 4.78 is 0. The molecular weight excluding hydrogens is 222 g/mol. The number of aliphatic hydroxyl groups excluding tert-OH is 1. The van der Waals surface area contributed by atoms with Gasteiger partial charge >= 0.3 is 0 Å². The standard InChI is InChI=1S/C16H25NO/c1-2-8-13-9-6-7-10-14(13)17-15-11-4-3-5-12-16(15)18/h6-7,9-10,15-18H,2-5,8,11-12H2,1H3. The summed E-state index contributed by atoms with van der Waals surface area (Å²) in [6, 6.07) is 8.73. The molecule has 1 aliphatic carbocycles. The van der Waals surface area contributed by atoms with E-state index in [1.807, 2.05) is 0 Å². The van der Waals surface area contributed by atoms with Crippen LogP contribution in [0.3, 0.4) is 0 Å². The molecule has 2 rings (SSSR count). The van der Waals surface area contributed by atoms with E-state index in [0.29, 0.717) is 0 Å². The topological polar surface area (TPSA) is 32.3 Å². The number of aliphatic hydroxyl groups is 1. The first-order valence-electron chi connectivity index (χ1n) is 7.33. The Bertz CT molecular complexity index is 364. The summed E-state index contributed by atoms with van der Waals surface area (Å²) >= 11 is 0. The molecule has 1 aromatic rings. The SMILES string of the molecule is CCCc1ccccc1NC1CCCCCC1O. The van der Waals surface area contributed by atoms with E-state index < -0.39 is 0 Å². The van der Waals surface area contributed by atoms with Crippen molar-refractivity contribution in [3.8, 4) is 0 Å². The van der Waals surface area contributed by atoms with Crippen LogP contribution in [-0.4, -0.2) is 17.3 Å². The van der Waals surface area contributed by atoms with Crippen LogP contribution in [0.1, 0.15) is 51.0 Å². The summed E-state index contributed by atoms with van der Waals surface area (Å²) in [6.45, 7) is 2.21. The zero-order valence-electron chi connectivity index (χ0n) is 11.4. The molecule has 18 heavy (non-hydrogen) atoms. The Balaban J connectivity index is 2.07. The zero-order chi connectivity index (χ0) is 12.8. The van der Waals surface area contributed by atoms with Gasteiger partial charge in [-0.3, -0.25) is 0 Å². The van der Waals surface area contributed by atoms with E-state index in [9.17, 15) is 5.11 Å². The van der Waals surface area contributed by atoms with Crippen LogP contribution < -0.4 is 5.32 Å². The number of benzene rings is 1. The highest BCUT2D eigenvalue weighted by Crippen LogP contribution is 2.24. The van der Waals surface area contributed by atoms with E-state index in [1.54, 1.807) is 0 Å². The largest absolute Gasteiger partial charge is 0.391 e. The smallest absolute Gasteiger partial charge is 0.0741 e. The van der Waals surface area contributed by atoms with Gasteiger partial charge in [0.2, 0.25) is 0 Å². The van der Waals surface area contributed by atoms with Crippen LogP contribution >= 0.6 is 0 Å². The van der Waals surface area contributed by atoms with Crippen LogP contribution in [0.5, 0.6) is 0 Å². The first-order valence-corrected chi connectivity index (χ1v) is 7.33. The molecule has 1 aromatic carbocycles. The Morgan fingerprint density at radius 1 is 1.17 bits per heavy atom. The lowest BCUT2D eigenvalue weighted by Crippen LogP contribution is -2.32. The van der Waals surface area contributed by atoms with Crippen molar-refractivity contribution >= 4 is 5.69 Å². The van der Waals surface area contributed by atoms with Crippen LogP contribution in [-0.2, 0) is 6.42 Å². The maximum Gasteiger partial charge on any atom is 0.0741 e. The molecule has 1 fully saturated rings. The number of anilines is 1. The van der Waals surface area contributed by atoms with Crippen LogP contribution in [0.15, 0.2) is 24.3 Å². The lowest BCUT2D eigenvalue weighted by atomic mass is 10.0. The highest BCUT2D eigenvalue weighted by molar-refractivity contribution is 5.52. The van der Waals surface area contributed by atoms with Crippen LogP contribution in [0.4, 0.5) is 5.69 Å². The molecule has 1 saturated carbocycles. The third-order valence-corrected chi connectivity index (χ3v) is 3.86. The maximum absolute atomic E-state index is 10.2. The van der Waals surface area contributed by atoms with Crippen molar-refractivity contribution < 1.29 is 5.11 Å². The minimum atomic E-state index is -0.192. The van der Waals surface area contributed by atoms with Crippen molar-refractivity contribution in [2.24, 2.45) is 0 Å². The predicted octanol–water partition coefficient (Wildman–Crippen LogP) is 3.74. The van der Waals surface area contributed by atoms with Crippen molar-refractivity contribution in [1.82, 2.24) is 0 Å². The molecule has 0 heterocycles. The van der Waals surface area contributed by atoms with E-state index >= 15 is 0 Å². The number of aryl methyl sites for hydroxylation is 1. The lowest BCUT2D eigenvalue weighted by molar-refractivity contribution is 0.144. The van der Waals surface area contributed by atoms with Crippen LogP contribution in [0.2, 0.25) is 0 Å². The molecule has 100 valence electrons. The molecule has 2 heteroatoms. The van der Waals surface area contributed by atoms with E-state index in [4.69, 9.17) is 0 Å². The van der Waals surface area contributed by atoms with Gasteiger partial charge in [0.1, 0.15) is 0 Å². The Morgan fingerprint density at radius 2 is 1.94 bits per heavy atom. The van der Waals surface area contributed by atoms with Gasteiger partial charge < -0.3 is 10.4 Å². The Hall–Kier alpha value is -1.02. The van der Waals surface area contributed by atoms with E-state index in [2.05, 4.69) is 36.5 Å². The molecule has 2 nitrogen and oxygen atoms in total. The molecule has 2 N–H and O–H groups in total. The highest BCUT2D eigenvalue weighted by atomic mass is 16.3. The summed E-state index contributed by atoms with van der Waals surface area (Å²) in [6.07, 6.45) is 7.74. The molecular formula is C16H25NO. The number of hydrogen-bond donors (Lipinski definition) is 2. The number of para-hydroxylation sites is 1. The summed E-state index contributed by atoms with van der Waals surface area (Å²) in [5.74, 6) is 0.